The number of fused-ring (bicyclic) bond motifs is 1. The van der Waals surface area contributed by atoms with Gasteiger partial charge in [0.15, 0.2) is 0 Å². The van der Waals surface area contributed by atoms with Crippen LogP contribution in [0.2, 0.25) is 0 Å². The van der Waals surface area contributed by atoms with Crippen LogP contribution in [0.1, 0.15) is 41.9 Å². The average molecular weight is 339 g/mol. The van der Waals surface area contributed by atoms with Gasteiger partial charge in [-0.15, -0.1) is 11.3 Å². The van der Waals surface area contributed by atoms with Gasteiger partial charge in [-0.05, 0) is 25.0 Å². The number of halogens is 1. The predicted molar refractivity (Wildman–Crippen MR) is 90.4 cm³/mol. The summed E-state index contributed by atoms with van der Waals surface area (Å²) in [5.74, 6) is -0.665. The number of ether oxygens (including phenoxy) is 1. The SMILES string of the molecule is CCC(O)(CC)CNC(=O)c1sc2cccc(F)c2c1COC. The molecule has 0 aliphatic heterocycles. The van der Waals surface area contributed by atoms with Gasteiger partial charge in [0.1, 0.15) is 5.82 Å². The van der Waals surface area contributed by atoms with E-state index in [1.165, 1.54) is 24.5 Å². The Kier molecular flexibility index (Phi) is 5.73. The second kappa shape index (κ2) is 7.38. The van der Waals surface area contributed by atoms with Gasteiger partial charge in [-0.25, -0.2) is 4.39 Å². The summed E-state index contributed by atoms with van der Waals surface area (Å²) in [6, 6.07) is 4.79. The summed E-state index contributed by atoms with van der Waals surface area (Å²) >= 11 is 1.24. The van der Waals surface area contributed by atoms with Crippen molar-refractivity contribution in [2.24, 2.45) is 0 Å². The van der Waals surface area contributed by atoms with Crippen LogP contribution in [0.4, 0.5) is 4.39 Å². The maximum Gasteiger partial charge on any atom is 0.261 e. The van der Waals surface area contributed by atoms with Crippen molar-refractivity contribution in [2.45, 2.75) is 38.9 Å². The first-order valence-corrected chi connectivity index (χ1v) is 8.46. The minimum atomic E-state index is -0.918. The fraction of sp³-hybridized carbons (Fsp3) is 0.471. The van der Waals surface area contributed by atoms with E-state index in [-0.39, 0.29) is 24.9 Å². The minimum absolute atomic E-state index is 0.162. The smallest absolute Gasteiger partial charge is 0.261 e. The summed E-state index contributed by atoms with van der Waals surface area (Å²) in [6.07, 6.45) is 1.10. The molecule has 1 aromatic heterocycles. The molecule has 2 rings (SSSR count). The largest absolute Gasteiger partial charge is 0.388 e. The molecule has 0 aliphatic carbocycles. The van der Waals surface area contributed by atoms with E-state index in [9.17, 15) is 14.3 Å². The molecule has 1 aromatic carbocycles. The molecule has 0 radical (unpaired) electrons. The van der Waals surface area contributed by atoms with Crippen molar-refractivity contribution in [1.29, 1.82) is 0 Å². The summed E-state index contributed by atoms with van der Waals surface area (Å²) < 4.78 is 20.0. The number of rotatable bonds is 7. The molecule has 23 heavy (non-hydrogen) atoms. The van der Waals surface area contributed by atoms with Crippen LogP contribution in [0, 0.1) is 5.82 Å². The highest BCUT2D eigenvalue weighted by Crippen LogP contribution is 2.33. The van der Waals surface area contributed by atoms with E-state index in [4.69, 9.17) is 4.74 Å². The lowest BCUT2D eigenvalue weighted by Gasteiger charge is -2.25. The van der Waals surface area contributed by atoms with E-state index in [1.54, 1.807) is 12.1 Å². The number of benzene rings is 1. The molecule has 0 saturated carbocycles. The van der Waals surface area contributed by atoms with E-state index in [2.05, 4.69) is 5.32 Å². The predicted octanol–water partition coefficient (Wildman–Crippen LogP) is 3.47. The highest BCUT2D eigenvalue weighted by Gasteiger charge is 2.25. The number of nitrogens with one attached hydrogen (secondary N) is 1. The Morgan fingerprint density at radius 2 is 2.09 bits per heavy atom. The maximum absolute atomic E-state index is 14.1. The topological polar surface area (TPSA) is 58.6 Å². The molecule has 0 aliphatic rings. The van der Waals surface area contributed by atoms with Gasteiger partial charge in [0.25, 0.3) is 5.91 Å². The Hall–Kier alpha value is -1.50. The van der Waals surface area contributed by atoms with Crippen molar-refractivity contribution in [1.82, 2.24) is 5.32 Å². The molecule has 0 bridgehead atoms. The molecule has 0 atom stereocenters. The Morgan fingerprint density at radius 1 is 1.39 bits per heavy atom. The van der Waals surface area contributed by atoms with Crippen LogP contribution in [-0.2, 0) is 11.3 Å². The molecule has 6 heteroatoms. The fourth-order valence-corrected chi connectivity index (χ4v) is 3.60. The average Bonchev–Trinajstić information content (AvgIpc) is 2.93. The van der Waals surface area contributed by atoms with E-state index >= 15 is 0 Å². The number of aliphatic hydroxyl groups is 1. The van der Waals surface area contributed by atoms with E-state index in [1.807, 2.05) is 13.8 Å². The van der Waals surface area contributed by atoms with Crippen molar-refractivity contribution >= 4 is 27.3 Å². The van der Waals surface area contributed by atoms with Crippen LogP contribution in [0.25, 0.3) is 10.1 Å². The second-order valence-electron chi connectivity index (χ2n) is 5.57. The third-order valence-corrected chi connectivity index (χ3v) is 5.35. The van der Waals surface area contributed by atoms with Crippen LogP contribution in [0.5, 0.6) is 0 Å². The molecule has 126 valence electrons. The number of carbonyl (C=O) groups is 1. The summed E-state index contributed by atoms with van der Waals surface area (Å²) in [5, 5.41) is 13.5. The standard InChI is InChI=1S/C17H22FNO3S/c1-4-17(21,5-2)10-19-16(20)15-11(9-22-3)14-12(18)7-6-8-13(14)23-15/h6-8,21H,4-5,9-10H2,1-3H3,(H,19,20). The number of methoxy groups -OCH3 is 1. The Bertz CT molecular complexity index is 694. The third kappa shape index (κ3) is 3.71. The highest BCUT2D eigenvalue weighted by molar-refractivity contribution is 7.21. The lowest BCUT2D eigenvalue weighted by molar-refractivity contribution is 0.0314. The van der Waals surface area contributed by atoms with Gasteiger partial charge in [0, 0.05) is 29.3 Å². The van der Waals surface area contributed by atoms with E-state index in [0.717, 1.165) is 0 Å². The third-order valence-electron chi connectivity index (χ3n) is 4.15. The fourth-order valence-electron chi connectivity index (χ4n) is 2.46. The maximum atomic E-state index is 14.1. The van der Waals surface area contributed by atoms with Gasteiger partial charge < -0.3 is 15.2 Å². The monoisotopic (exact) mass is 339 g/mol. The summed E-state index contributed by atoms with van der Waals surface area (Å²) in [7, 11) is 1.51. The molecule has 0 saturated heterocycles. The lowest BCUT2D eigenvalue weighted by Crippen LogP contribution is -2.42. The van der Waals surface area contributed by atoms with Gasteiger partial charge in [-0.3, -0.25) is 4.79 Å². The summed E-state index contributed by atoms with van der Waals surface area (Å²) in [4.78, 5) is 12.9. The molecule has 1 heterocycles. The zero-order valence-corrected chi connectivity index (χ0v) is 14.4. The zero-order chi connectivity index (χ0) is 17.0. The Morgan fingerprint density at radius 3 is 2.70 bits per heavy atom. The highest BCUT2D eigenvalue weighted by atomic mass is 32.1. The molecule has 0 fully saturated rings. The Balaban J connectivity index is 2.33. The molecule has 4 nitrogen and oxygen atoms in total. The number of carbonyl (C=O) groups excluding carboxylic acids is 1. The first-order chi connectivity index (χ1) is 11.0. The number of amides is 1. The lowest BCUT2D eigenvalue weighted by atomic mass is 9.97. The molecule has 0 spiro atoms. The zero-order valence-electron chi connectivity index (χ0n) is 13.6. The molecule has 1 amide bonds. The normalized spacial score (nSPS) is 11.9. The second-order valence-corrected chi connectivity index (χ2v) is 6.62. The Labute approximate surface area is 139 Å². The van der Waals surface area contributed by atoms with E-state index in [0.29, 0.717) is 33.4 Å². The van der Waals surface area contributed by atoms with Gasteiger partial charge >= 0.3 is 0 Å². The van der Waals surface area contributed by atoms with Gasteiger partial charge in [-0.1, -0.05) is 19.9 Å². The van der Waals surface area contributed by atoms with Gasteiger partial charge in [0.2, 0.25) is 0 Å². The molecular weight excluding hydrogens is 317 g/mol. The van der Waals surface area contributed by atoms with E-state index < -0.39 is 5.60 Å². The number of hydrogen-bond donors (Lipinski definition) is 2. The summed E-state index contributed by atoms with van der Waals surface area (Å²) in [5.41, 5.74) is -0.362. The molecular formula is C17H22FNO3S. The van der Waals surface area contributed by atoms with Crippen molar-refractivity contribution in [3.63, 3.8) is 0 Å². The quantitative estimate of drug-likeness (QED) is 0.812. The van der Waals surface area contributed by atoms with Gasteiger partial charge in [-0.2, -0.15) is 0 Å². The van der Waals surface area contributed by atoms with Crippen LogP contribution in [0.3, 0.4) is 0 Å². The van der Waals surface area contributed by atoms with Gasteiger partial charge in [0.05, 0.1) is 17.1 Å². The van der Waals surface area contributed by atoms with Crippen molar-refractivity contribution in [3.05, 3.63) is 34.5 Å². The van der Waals surface area contributed by atoms with Crippen LogP contribution < -0.4 is 5.32 Å². The molecule has 2 aromatic rings. The molecule has 2 N–H and O–H groups in total. The number of thiophene rings is 1. The van der Waals surface area contributed by atoms with Crippen LogP contribution in [-0.4, -0.2) is 30.3 Å². The first kappa shape index (κ1) is 17.8. The van der Waals surface area contributed by atoms with Crippen LogP contribution >= 0.6 is 11.3 Å². The van der Waals surface area contributed by atoms with Crippen molar-refractivity contribution in [3.8, 4) is 0 Å². The van der Waals surface area contributed by atoms with Crippen LogP contribution in [0.15, 0.2) is 18.2 Å². The van der Waals surface area contributed by atoms with Crippen molar-refractivity contribution in [2.75, 3.05) is 13.7 Å². The first-order valence-electron chi connectivity index (χ1n) is 7.65. The minimum Gasteiger partial charge on any atom is -0.388 e. The number of hydrogen-bond acceptors (Lipinski definition) is 4. The summed E-state index contributed by atoms with van der Waals surface area (Å²) in [6.45, 7) is 4.08. The van der Waals surface area contributed by atoms with Crippen molar-refractivity contribution < 1.29 is 19.0 Å². The molecule has 0 unspecified atom stereocenters.